The summed E-state index contributed by atoms with van der Waals surface area (Å²) in [6.07, 6.45) is 0.707. The van der Waals surface area contributed by atoms with E-state index >= 15 is 0 Å². The van der Waals surface area contributed by atoms with Crippen LogP contribution in [-0.4, -0.2) is 10.9 Å². The van der Waals surface area contributed by atoms with Gasteiger partial charge in [-0.25, -0.2) is 0 Å². The molecule has 0 aliphatic rings. The molecule has 3 rings (SSSR count). The van der Waals surface area contributed by atoms with Gasteiger partial charge in [-0.05, 0) is 36.2 Å². The lowest BCUT2D eigenvalue weighted by Crippen LogP contribution is -2.14. The summed E-state index contributed by atoms with van der Waals surface area (Å²) in [6, 6.07) is 17.5. The third-order valence-electron chi connectivity index (χ3n) is 3.89. The maximum atomic E-state index is 12.3. The van der Waals surface area contributed by atoms with Gasteiger partial charge < -0.3 is 10.3 Å². The zero-order valence-electron chi connectivity index (χ0n) is 12.9. The van der Waals surface area contributed by atoms with Crippen LogP contribution in [0.4, 0.5) is 5.69 Å². The summed E-state index contributed by atoms with van der Waals surface area (Å²) in [6.45, 7) is 1.99. The first-order valence-electron chi connectivity index (χ1n) is 7.49. The van der Waals surface area contributed by atoms with Gasteiger partial charge >= 0.3 is 0 Å². The maximum absolute atomic E-state index is 12.3. The van der Waals surface area contributed by atoms with E-state index < -0.39 is 0 Å². The first-order valence-corrected chi connectivity index (χ1v) is 7.49. The van der Waals surface area contributed by atoms with Crippen molar-refractivity contribution in [3.05, 3.63) is 65.4 Å². The van der Waals surface area contributed by atoms with E-state index in [2.05, 4.69) is 16.4 Å². The van der Waals surface area contributed by atoms with Gasteiger partial charge in [-0.3, -0.25) is 4.79 Å². The van der Waals surface area contributed by atoms with E-state index in [4.69, 9.17) is 5.26 Å². The molecule has 2 aromatic carbocycles. The number of fused-ring (bicyclic) bond motifs is 1. The number of nitrogens with one attached hydrogen (secondary N) is 2. The van der Waals surface area contributed by atoms with E-state index in [0.29, 0.717) is 12.8 Å². The third-order valence-corrected chi connectivity index (χ3v) is 3.89. The quantitative estimate of drug-likeness (QED) is 0.771. The number of rotatable bonds is 4. The number of hydrogen-bond donors (Lipinski definition) is 2. The molecule has 1 heterocycles. The Morgan fingerprint density at radius 1 is 1.17 bits per heavy atom. The molecular weight excluding hydrogens is 286 g/mol. The number of nitrogens with zero attached hydrogens (tertiary/aromatic N) is 1. The molecule has 0 aliphatic carbocycles. The first-order chi connectivity index (χ1) is 11.2. The van der Waals surface area contributed by atoms with Crippen LogP contribution < -0.4 is 5.32 Å². The predicted octanol–water partition coefficient (Wildman–Crippen LogP) is 3.72. The summed E-state index contributed by atoms with van der Waals surface area (Å²) in [7, 11) is 0. The molecule has 4 nitrogen and oxygen atoms in total. The number of anilines is 1. The Hall–Kier alpha value is -3.06. The Morgan fingerprint density at radius 2 is 1.91 bits per heavy atom. The summed E-state index contributed by atoms with van der Waals surface area (Å²) < 4.78 is 0. The van der Waals surface area contributed by atoms with E-state index in [1.807, 2.05) is 55.5 Å². The van der Waals surface area contributed by atoms with E-state index in [-0.39, 0.29) is 5.91 Å². The van der Waals surface area contributed by atoms with Crippen LogP contribution >= 0.6 is 0 Å². The zero-order valence-corrected chi connectivity index (χ0v) is 12.9. The van der Waals surface area contributed by atoms with Gasteiger partial charge in [-0.15, -0.1) is 0 Å². The Kier molecular flexibility index (Phi) is 4.11. The number of nitriles is 1. The first kappa shape index (κ1) is 14.9. The van der Waals surface area contributed by atoms with Crippen molar-refractivity contribution >= 4 is 22.5 Å². The van der Waals surface area contributed by atoms with Crippen molar-refractivity contribution in [3.63, 3.8) is 0 Å². The average Bonchev–Trinajstić information content (AvgIpc) is 2.85. The number of hydrogen-bond acceptors (Lipinski definition) is 2. The summed E-state index contributed by atoms with van der Waals surface area (Å²) in [4.78, 5) is 15.6. The zero-order chi connectivity index (χ0) is 16.2. The van der Waals surface area contributed by atoms with E-state index in [1.54, 1.807) is 0 Å². The molecule has 0 saturated heterocycles. The number of amides is 1. The number of carbonyl (C=O) groups is 1. The summed E-state index contributed by atoms with van der Waals surface area (Å²) in [5.74, 6) is -0.0501. The van der Waals surface area contributed by atoms with Gasteiger partial charge in [0.05, 0.1) is 18.9 Å². The molecule has 114 valence electrons. The second-order valence-electron chi connectivity index (χ2n) is 5.53. The molecule has 0 bridgehead atoms. The summed E-state index contributed by atoms with van der Waals surface area (Å²) >= 11 is 0. The third kappa shape index (κ3) is 3.24. The van der Waals surface area contributed by atoms with E-state index in [9.17, 15) is 4.79 Å². The number of carbonyl (C=O) groups excluding carboxylic acids is 1. The lowest BCUT2D eigenvalue weighted by Gasteiger charge is -2.06. The van der Waals surface area contributed by atoms with Gasteiger partial charge in [-0.1, -0.05) is 30.3 Å². The lowest BCUT2D eigenvalue weighted by atomic mass is 10.1. The van der Waals surface area contributed by atoms with Crippen molar-refractivity contribution in [2.45, 2.75) is 19.8 Å². The molecule has 0 aliphatic heterocycles. The lowest BCUT2D eigenvalue weighted by molar-refractivity contribution is -0.115. The van der Waals surface area contributed by atoms with Gasteiger partial charge in [-0.2, -0.15) is 5.26 Å². The monoisotopic (exact) mass is 303 g/mol. The molecule has 0 unspecified atom stereocenters. The maximum Gasteiger partial charge on any atom is 0.228 e. The van der Waals surface area contributed by atoms with E-state index in [1.165, 1.54) is 0 Å². The van der Waals surface area contributed by atoms with Gasteiger partial charge in [0.1, 0.15) is 0 Å². The summed E-state index contributed by atoms with van der Waals surface area (Å²) in [5, 5.41) is 12.7. The Bertz CT molecular complexity index is 885. The normalized spacial score (nSPS) is 10.4. The molecular formula is C19H17N3O. The van der Waals surface area contributed by atoms with Crippen LogP contribution in [0.2, 0.25) is 0 Å². The molecule has 4 heteroatoms. The van der Waals surface area contributed by atoms with Gasteiger partial charge in [0, 0.05) is 22.3 Å². The molecule has 0 atom stereocenters. The second kappa shape index (κ2) is 6.37. The Balaban J connectivity index is 1.74. The molecule has 0 saturated carbocycles. The van der Waals surface area contributed by atoms with Crippen LogP contribution in [0.3, 0.4) is 0 Å². The minimum Gasteiger partial charge on any atom is -0.358 e. The molecule has 1 aromatic heterocycles. The number of H-pyrrole nitrogens is 1. The molecule has 23 heavy (non-hydrogen) atoms. The van der Waals surface area contributed by atoms with Crippen LogP contribution in [0.1, 0.15) is 16.8 Å². The predicted molar refractivity (Wildman–Crippen MR) is 91.1 cm³/mol. The topological polar surface area (TPSA) is 68.7 Å². The standard InChI is InChI=1S/C19H17N3O/c1-13-17(16-4-2-3-5-18(16)21-13)12-19(23)22-15-8-6-14(7-9-15)10-11-20/h2-9,21H,10,12H2,1H3,(H,22,23). The van der Waals surface area contributed by atoms with Crippen LogP contribution in [0.5, 0.6) is 0 Å². The number of para-hydroxylation sites is 1. The van der Waals surface area contributed by atoms with Crippen molar-refractivity contribution in [1.82, 2.24) is 4.98 Å². The van der Waals surface area contributed by atoms with Crippen LogP contribution in [0.15, 0.2) is 48.5 Å². The number of aromatic nitrogens is 1. The van der Waals surface area contributed by atoms with Crippen molar-refractivity contribution in [2.75, 3.05) is 5.32 Å². The van der Waals surface area contributed by atoms with Crippen molar-refractivity contribution in [1.29, 1.82) is 5.26 Å². The highest BCUT2D eigenvalue weighted by Gasteiger charge is 2.12. The fourth-order valence-electron chi connectivity index (χ4n) is 2.73. The van der Waals surface area contributed by atoms with Crippen molar-refractivity contribution < 1.29 is 4.79 Å². The van der Waals surface area contributed by atoms with Crippen molar-refractivity contribution in [3.8, 4) is 6.07 Å². The fourth-order valence-corrected chi connectivity index (χ4v) is 2.73. The number of benzene rings is 2. The van der Waals surface area contributed by atoms with Crippen LogP contribution in [-0.2, 0) is 17.6 Å². The molecule has 0 radical (unpaired) electrons. The van der Waals surface area contributed by atoms with Gasteiger partial charge in [0.25, 0.3) is 0 Å². The largest absolute Gasteiger partial charge is 0.358 e. The highest BCUT2D eigenvalue weighted by atomic mass is 16.1. The van der Waals surface area contributed by atoms with Crippen molar-refractivity contribution in [2.24, 2.45) is 0 Å². The Morgan fingerprint density at radius 3 is 2.65 bits per heavy atom. The molecule has 2 N–H and O–H groups in total. The van der Waals surface area contributed by atoms with Gasteiger partial charge in [0.2, 0.25) is 5.91 Å². The fraction of sp³-hybridized carbons (Fsp3) is 0.158. The van der Waals surface area contributed by atoms with Crippen LogP contribution in [0.25, 0.3) is 10.9 Å². The molecule has 1 amide bonds. The Labute approximate surface area is 134 Å². The highest BCUT2D eigenvalue weighted by Crippen LogP contribution is 2.22. The summed E-state index contributed by atoms with van der Waals surface area (Å²) in [5.41, 5.74) is 4.78. The smallest absolute Gasteiger partial charge is 0.228 e. The van der Waals surface area contributed by atoms with Gasteiger partial charge in [0.15, 0.2) is 0 Å². The number of aromatic amines is 1. The average molecular weight is 303 g/mol. The molecule has 0 spiro atoms. The minimum atomic E-state index is -0.0501. The van der Waals surface area contributed by atoms with Crippen LogP contribution in [0, 0.1) is 18.3 Å². The molecule has 0 fully saturated rings. The highest BCUT2D eigenvalue weighted by molar-refractivity contribution is 5.96. The SMILES string of the molecule is Cc1[nH]c2ccccc2c1CC(=O)Nc1ccc(CC#N)cc1. The second-order valence-corrected chi connectivity index (χ2v) is 5.53. The number of aryl methyl sites for hydroxylation is 1. The molecule has 3 aromatic rings. The minimum absolute atomic E-state index is 0.0501. The van der Waals surface area contributed by atoms with E-state index in [0.717, 1.165) is 33.4 Å².